The second-order valence-corrected chi connectivity index (χ2v) is 8.20. The van der Waals surface area contributed by atoms with E-state index in [0.29, 0.717) is 17.7 Å². The maximum atomic E-state index is 14.1. The van der Waals surface area contributed by atoms with E-state index in [0.717, 1.165) is 38.6 Å². The van der Waals surface area contributed by atoms with Crippen LogP contribution in [-0.4, -0.2) is 74.5 Å². The number of benzene rings is 1. The zero-order chi connectivity index (χ0) is 27.7. The minimum absolute atomic E-state index is 0.0656. The number of nitrogens with one attached hydrogen (secondary N) is 2. The Morgan fingerprint density at radius 2 is 1.87 bits per heavy atom. The SMILES string of the molecule is C=CC(=O)Nc1cccc(NC(=Nc2cnc(N3CCN(C)CC3)cc2OC)/C(=C\N=CN)C(F)(F)F)c1. The van der Waals surface area contributed by atoms with Crippen molar-refractivity contribution in [1.82, 2.24) is 9.88 Å². The van der Waals surface area contributed by atoms with Gasteiger partial charge in [-0.25, -0.2) is 15.0 Å². The molecule has 1 amide bonds. The molecule has 1 fully saturated rings. The molecule has 0 atom stereocenters. The number of rotatable bonds is 8. The average molecular weight is 531 g/mol. The molecule has 1 aliphatic heterocycles. The molecule has 1 aromatic carbocycles. The number of aromatic nitrogens is 1. The summed E-state index contributed by atoms with van der Waals surface area (Å²) in [7, 11) is 3.43. The van der Waals surface area contributed by atoms with Crippen LogP contribution in [0.1, 0.15) is 0 Å². The number of carbonyl (C=O) groups is 1. The second kappa shape index (κ2) is 12.7. The molecule has 1 saturated heterocycles. The third-order valence-electron chi connectivity index (χ3n) is 5.54. The monoisotopic (exact) mass is 530 g/mol. The van der Waals surface area contributed by atoms with E-state index in [-0.39, 0.29) is 17.1 Å². The van der Waals surface area contributed by atoms with Crippen LogP contribution >= 0.6 is 0 Å². The van der Waals surface area contributed by atoms with E-state index in [4.69, 9.17) is 10.5 Å². The Kier molecular flexibility index (Phi) is 9.44. The van der Waals surface area contributed by atoms with Crippen molar-refractivity contribution in [2.24, 2.45) is 15.7 Å². The number of nitrogens with zero attached hydrogens (tertiary/aromatic N) is 5. The molecule has 0 bridgehead atoms. The van der Waals surface area contributed by atoms with Crippen LogP contribution in [0.3, 0.4) is 0 Å². The van der Waals surface area contributed by atoms with Gasteiger partial charge in [-0.3, -0.25) is 4.79 Å². The largest absolute Gasteiger partial charge is 0.494 e. The van der Waals surface area contributed by atoms with Crippen molar-refractivity contribution in [3.8, 4) is 5.75 Å². The van der Waals surface area contributed by atoms with Crippen LogP contribution in [0, 0.1) is 0 Å². The van der Waals surface area contributed by atoms with Crippen LogP contribution in [0.15, 0.2) is 70.9 Å². The van der Waals surface area contributed by atoms with E-state index in [1.54, 1.807) is 18.2 Å². The second-order valence-electron chi connectivity index (χ2n) is 8.20. The number of amides is 1. The molecule has 10 nitrogen and oxygen atoms in total. The molecule has 13 heteroatoms. The number of methoxy groups -OCH3 is 1. The highest BCUT2D eigenvalue weighted by molar-refractivity contribution is 6.10. The third-order valence-corrected chi connectivity index (χ3v) is 5.54. The fourth-order valence-electron chi connectivity index (χ4n) is 3.54. The fraction of sp³-hybridized carbons (Fsp3) is 0.280. The van der Waals surface area contributed by atoms with Crippen molar-refractivity contribution in [3.63, 3.8) is 0 Å². The molecule has 2 heterocycles. The van der Waals surface area contributed by atoms with Gasteiger partial charge in [-0.05, 0) is 31.3 Å². The molecule has 3 rings (SSSR count). The highest BCUT2D eigenvalue weighted by Crippen LogP contribution is 2.34. The molecule has 0 aliphatic carbocycles. The Morgan fingerprint density at radius 3 is 2.47 bits per heavy atom. The lowest BCUT2D eigenvalue weighted by atomic mass is 10.2. The maximum Gasteiger partial charge on any atom is 0.421 e. The van der Waals surface area contributed by atoms with Crippen LogP contribution in [0.5, 0.6) is 5.75 Å². The molecule has 1 aromatic heterocycles. The van der Waals surface area contributed by atoms with Crippen LogP contribution in [0.25, 0.3) is 0 Å². The highest BCUT2D eigenvalue weighted by Gasteiger charge is 2.38. The number of aliphatic imine (C=N–C) groups is 2. The smallest absolute Gasteiger partial charge is 0.421 e. The molecule has 0 radical (unpaired) electrons. The van der Waals surface area contributed by atoms with Gasteiger partial charge >= 0.3 is 6.18 Å². The summed E-state index contributed by atoms with van der Waals surface area (Å²) in [6.45, 7) is 6.59. The predicted octanol–water partition coefficient (Wildman–Crippen LogP) is 3.54. The van der Waals surface area contributed by atoms with Crippen molar-refractivity contribution < 1.29 is 22.7 Å². The number of ether oxygens (including phenoxy) is 1. The first-order valence-corrected chi connectivity index (χ1v) is 11.5. The highest BCUT2D eigenvalue weighted by atomic mass is 19.4. The Hall–Kier alpha value is -4.39. The van der Waals surface area contributed by atoms with Crippen molar-refractivity contribution in [2.75, 3.05) is 55.9 Å². The Morgan fingerprint density at radius 1 is 1.18 bits per heavy atom. The van der Waals surface area contributed by atoms with E-state index in [9.17, 15) is 18.0 Å². The maximum absolute atomic E-state index is 14.1. The molecular formula is C25H29F3N8O2. The normalized spacial score (nSPS) is 15.4. The molecule has 0 unspecified atom stereocenters. The summed E-state index contributed by atoms with van der Waals surface area (Å²) in [6, 6.07) is 7.74. The van der Waals surface area contributed by atoms with Gasteiger partial charge in [-0.2, -0.15) is 13.2 Å². The van der Waals surface area contributed by atoms with Crippen molar-refractivity contribution in [1.29, 1.82) is 0 Å². The summed E-state index contributed by atoms with van der Waals surface area (Å²) in [4.78, 5) is 28.0. The topological polar surface area (TPSA) is 120 Å². The van der Waals surface area contributed by atoms with Crippen LogP contribution in [0.2, 0.25) is 0 Å². The first kappa shape index (κ1) is 28.2. The molecule has 38 heavy (non-hydrogen) atoms. The van der Waals surface area contributed by atoms with Gasteiger partial charge < -0.3 is 30.9 Å². The van der Waals surface area contributed by atoms with Gasteiger partial charge in [-0.1, -0.05) is 12.6 Å². The number of nitrogens with two attached hydrogens (primary N) is 1. The van der Waals surface area contributed by atoms with Crippen LogP contribution in [-0.2, 0) is 4.79 Å². The van der Waals surface area contributed by atoms with E-state index < -0.39 is 23.5 Å². The van der Waals surface area contributed by atoms with E-state index in [2.05, 4.69) is 42.0 Å². The van der Waals surface area contributed by atoms with Gasteiger partial charge in [0.25, 0.3) is 0 Å². The lowest BCUT2D eigenvalue weighted by Crippen LogP contribution is -2.44. The molecule has 1 aliphatic rings. The lowest BCUT2D eigenvalue weighted by molar-refractivity contribution is -0.111. The van der Waals surface area contributed by atoms with Crippen molar-refractivity contribution in [3.05, 3.63) is 61.0 Å². The number of pyridine rings is 1. The van der Waals surface area contributed by atoms with Gasteiger partial charge in [0.2, 0.25) is 5.91 Å². The molecular weight excluding hydrogens is 501 g/mol. The van der Waals surface area contributed by atoms with E-state index in [1.807, 2.05) is 7.05 Å². The van der Waals surface area contributed by atoms with Crippen LogP contribution in [0.4, 0.5) is 36.1 Å². The average Bonchev–Trinajstić information content (AvgIpc) is 2.89. The summed E-state index contributed by atoms with van der Waals surface area (Å²) in [5.74, 6) is -0.180. The number of likely N-dealkylation sites (N-methyl/N-ethyl adjacent to an activating group) is 1. The van der Waals surface area contributed by atoms with Gasteiger partial charge in [0.1, 0.15) is 28.7 Å². The first-order chi connectivity index (χ1) is 18.1. The number of hydrogen-bond acceptors (Lipinski definition) is 7. The fourth-order valence-corrected chi connectivity index (χ4v) is 3.54. The number of piperazine rings is 1. The molecule has 202 valence electrons. The first-order valence-electron chi connectivity index (χ1n) is 11.5. The number of alkyl halides is 3. The minimum atomic E-state index is -4.84. The van der Waals surface area contributed by atoms with Crippen molar-refractivity contribution >= 4 is 41.0 Å². The molecule has 0 spiro atoms. The van der Waals surface area contributed by atoms with Gasteiger partial charge in [0, 0.05) is 49.8 Å². The standard InChI is InChI=1S/C25H29F3N8O2/c1-4-23(37)32-17-6-5-7-18(12-17)33-24(19(14-30-16-29)25(26,27)28)34-20-15-31-22(13-21(20)38-3)36-10-8-35(2)9-11-36/h4-7,12-16H,1,8-11H2,2-3H3,(H2,29,30)(H,32,37)(H,33,34)/b19-14+. The Balaban J connectivity index is 2.05. The lowest BCUT2D eigenvalue weighted by Gasteiger charge is -2.33. The Bertz CT molecular complexity index is 1240. The number of anilines is 3. The number of hydrogen-bond donors (Lipinski definition) is 3. The van der Waals surface area contributed by atoms with Gasteiger partial charge in [0.15, 0.2) is 0 Å². The summed E-state index contributed by atoms with van der Waals surface area (Å²) in [5.41, 5.74) is 4.63. The van der Waals surface area contributed by atoms with Crippen molar-refractivity contribution in [2.45, 2.75) is 6.18 Å². The molecule has 2 aromatic rings. The zero-order valence-electron chi connectivity index (χ0n) is 21.0. The number of carbonyl (C=O) groups excluding carboxylic acids is 1. The van der Waals surface area contributed by atoms with Gasteiger partial charge in [-0.15, -0.1) is 0 Å². The zero-order valence-corrected chi connectivity index (χ0v) is 21.0. The predicted molar refractivity (Wildman–Crippen MR) is 143 cm³/mol. The number of halogens is 3. The molecule has 4 N–H and O–H groups in total. The quantitative estimate of drug-likeness (QED) is 0.271. The summed E-state index contributed by atoms with van der Waals surface area (Å²) in [5, 5.41) is 5.24. The Labute approximate surface area is 218 Å². The van der Waals surface area contributed by atoms with Gasteiger partial charge in [0.05, 0.1) is 19.6 Å². The molecule has 0 saturated carbocycles. The summed E-state index contributed by atoms with van der Waals surface area (Å²) < 4.78 is 47.7. The van der Waals surface area contributed by atoms with Crippen LogP contribution < -0.4 is 26.0 Å². The summed E-state index contributed by atoms with van der Waals surface area (Å²) in [6.07, 6.45) is -1.11. The number of amidine groups is 1. The third kappa shape index (κ3) is 7.56. The summed E-state index contributed by atoms with van der Waals surface area (Å²) >= 11 is 0. The van der Waals surface area contributed by atoms with E-state index in [1.165, 1.54) is 25.4 Å². The van der Waals surface area contributed by atoms with E-state index >= 15 is 0 Å². The minimum Gasteiger partial charge on any atom is -0.494 e.